The first-order chi connectivity index (χ1) is 15.4. The Kier molecular flexibility index (Phi) is 8.67. The molecule has 5 nitrogen and oxygen atoms in total. The summed E-state index contributed by atoms with van der Waals surface area (Å²) in [5.41, 5.74) is 1.50. The molecule has 1 aliphatic carbocycles. The molecular weight excluding hydrogens is 475 g/mol. The number of nitrogens with one attached hydrogen (secondary N) is 1. The minimum absolute atomic E-state index is 0.00986. The van der Waals surface area contributed by atoms with Crippen LogP contribution in [-0.4, -0.2) is 35.4 Å². The predicted octanol–water partition coefficient (Wildman–Crippen LogP) is 5.01. The summed E-state index contributed by atoms with van der Waals surface area (Å²) in [6.45, 7) is 3.48. The number of amides is 2. The minimum atomic E-state index is -0.753. The lowest BCUT2D eigenvalue weighted by Gasteiger charge is -2.29. The summed E-state index contributed by atoms with van der Waals surface area (Å²) in [4.78, 5) is 27.4. The first-order valence-electron chi connectivity index (χ1n) is 11.1. The molecule has 1 aliphatic rings. The Labute approximate surface area is 197 Å². The van der Waals surface area contributed by atoms with Gasteiger partial charge in [-0.05, 0) is 65.9 Å². The zero-order valence-corrected chi connectivity index (χ0v) is 20.2. The van der Waals surface area contributed by atoms with E-state index in [0.29, 0.717) is 11.3 Å². The van der Waals surface area contributed by atoms with E-state index in [9.17, 15) is 14.0 Å². The quantitative estimate of drug-likeness (QED) is 0.522. The molecule has 2 aromatic carbocycles. The monoisotopic (exact) mass is 504 g/mol. The molecule has 2 aromatic rings. The van der Waals surface area contributed by atoms with Gasteiger partial charge in [0.2, 0.25) is 5.91 Å². The van der Waals surface area contributed by atoms with Crippen molar-refractivity contribution in [3.63, 3.8) is 0 Å². The van der Waals surface area contributed by atoms with E-state index in [0.717, 1.165) is 42.1 Å². The lowest BCUT2D eigenvalue weighted by Crippen LogP contribution is -2.50. The van der Waals surface area contributed by atoms with E-state index in [1.807, 2.05) is 18.2 Å². The van der Waals surface area contributed by atoms with E-state index in [-0.39, 0.29) is 31.0 Å². The van der Waals surface area contributed by atoms with Gasteiger partial charge in [0.1, 0.15) is 17.6 Å². The average Bonchev–Trinajstić information content (AvgIpc) is 3.30. The SMILES string of the molecule is CCc1ccc(OCC(=O)N(Cc2ccccc2F)[C@@H](C)C(=O)NC2CCCC2)c(Br)c1. The van der Waals surface area contributed by atoms with Crippen molar-refractivity contribution in [2.24, 2.45) is 0 Å². The molecule has 0 radical (unpaired) electrons. The highest BCUT2D eigenvalue weighted by Gasteiger charge is 2.29. The molecule has 0 aromatic heterocycles. The molecule has 0 unspecified atom stereocenters. The average molecular weight is 505 g/mol. The zero-order chi connectivity index (χ0) is 23.1. The second-order valence-corrected chi connectivity index (χ2v) is 9.04. The van der Waals surface area contributed by atoms with Crippen molar-refractivity contribution in [1.29, 1.82) is 0 Å². The number of halogens is 2. The van der Waals surface area contributed by atoms with Gasteiger partial charge in [0.05, 0.1) is 4.47 Å². The third kappa shape index (κ3) is 6.31. The number of hydrogen-bond acceptors (Lipinski definition) is 3. The van der Waals surface area contributed by atoms with Crippen LogP contribution in [0.25, 0.3) is 0 Å². The zero-order valence-electron chi connectivity index (χ0n) is 18.6. The van der Waals surface area contributed by atoms with Gasteiger partial charge >= 0.3 is 0 Å². The van der Waals surface area contributed by atoms with Crippen LogP contribution in [0.1, 0.15) is 50.7 Å². The standard InChI is InChI=1S/C25H30BrFN2O3/c1-3-18-12-13-23(21(26)14-18)32-16-24(30)29(15-19-8-4-7-11-22(19)27)17(2)25(31)28-20-9-5-6-10-20/h4,7-8,11-14,17,20H,3,5-6,9-10,15-16H2,1-2H3,(H,28,31)/t17-/m0/s1. The van der Waals surface area contributed by atoms with Gasteiger partial charge < -0.3 is 15.0 Å². The number of aryl methyl sites for hydroxylation is 1. The fraction of sp³-hybridized carbons (Fsp3) is 0.440. The summed E-state index contributed by atoms with van der Waals surface area (Å²) in [7, 11) is 0. The molecule has 1 fully saturated rings. The lowest BCUT2D eigenvalue weighted by atomic mass is 10.1. The van der Waals surface area contributed by atoms with E-state index in [4.69, 9.17) is 4.74 Å². The Morgan fingerprint density at radius 2 is 1.94 bits per heavy atom. The van der Waals surface area contributed by atoms with Crippen LogP contribution in [0.2, 0.25) is 0 Å². The topological polar surface area (TPSA) is 58.6 Å². The Bertz CT molecular complexity index is 947. The van der Waals surface area contributed by atoms with Crippen LogP contribution in [0.3, 0.4) is 0 Å². The maximum absolute atomic E-state index is 14.3. The van der Waals surface area contributed by atoms with E-state index in [2.05, 4.69) is 28.2 Å². The van der Waals surface area contributed by atoms with Crippen LogP contribution in [0.15, 0.2) is 46.9 Å². The summed E-state index contributed by atoms with van der Waals surface area (Å²) in [6.07, 6.45) is 4.98. The molecule has 172 valence electrons. The summed E-state index contributed by atoms with van der Waals surface area (Å²) < 4.78 is 20.8. The Balaban J connectivity index is 1.73. The van der Waals surface area contributed by atoms with Gasteiger partial charge in [-0.3, -0.25) is 9.59 Å². The van der Waals surface area contributed by atoms with Gasteiger partial charge in [-0.1, -0.05) is 44.0 Å². The van der Waals surface area contributed by atoms with Crippen LogP contribution < -0.4 is 10.1 Å². The second kappa shape index (κ2) is 11.5. The molecule has 0 saturated heterocycles. The molecule has 32 heavy (non-hydrogen) atoms. The number of benzene rings is 2. The molecule has 1 saturated carbocycles. The highest BCUT2D eigenvalue weighted by Crippen LogP contribution is 2.26. The Hall–Kier alpha value is -2.41. The van der Waals surface area contributed by atoms with Gasteiger partial charge in [-0.15, -0.1) is 0 Å². The van der Waals surface area contributed by atoms with Crippen LogP contribution >= 0.6 is 15.9 Å². The molecule has 0 aliphatic heterocycles. The molecular formula is C25H30BrFN2O3. The second-order valence-electron chi connectivity index (χ2n) is 8.19. The van der Waals surface area contributed by atoms with E-state index in [1.165, 1.54) is 11.0 Å². The van der Waals surface area contributed by atoms with Crippen molar-refractivity contribution >= 4 is 27.7 Å². The third-order valence-corrected chi connectivity index (χ3v) is 6.54. The van der Waals surface area contributed by atoms with Crippen LogP contribution in [0, 0.1) is 5.82 Å². The Morgan fingerprint density at radius 3 is 2.59 bits per heavy atom. The van der Waals surface area contributed by atoms with Crippen LogP contribution in [0.5, 0.6) is 5.75 Å². The fourth-order valence-corrected chi connectivity index (χ4v) is 4.43. The normalized spacial score (nSPS) is 14.8. The van der Waals surface area contributed by atoms with Crippen LogP contribution in [0.4, 0.5) is 4.39 Å². The smallest absolute Gasteiger partial charge is 0.261 e. The molecule has 3 rings (SSSR count). The molecule has 7 heteroatoms. The fourth-order valence-electron chi connectivity index (χ4n) is 3.89. The minimum Gasteiger partial charge on any atom is -0.483 e. The van der Waals surface area contributed by atoms with E-state index < -0.39 is 11.9 Å². The first kappa shape index (κ1) is 24.2. The number of hydrogen-bond donors (Lipinski definition) is 1. The Morgan fingerprint density at radius 1 is 1.22 bits per heavy atom. The van der Waals surface area contributed by atoms with Crippen molar-refractivity contribution in [3.05, 3.63) is 63.9 Å². The van der Waals surface area contributed by atoms with Crippen molar-refractivity contribution in [3.8, 4) is 5.75 Å². The molecule has 0 heterocycles. The summed E-state index contributed by atoms with van der Waals surface area (Å²) in [6, 6.07) is 11.4. The number of carbonyl (C=O) groups is 2. The molecule has 1 atom stereocenters. The van der Waals surface area contributed by atoms with E-state index in [1.54, 1.807) is 25.1 Å². The van der Waals surface area contributed by atoms with Crippen molar-refractivity contribution < 1.29 is 18.7 Å². The predicted molar refractivity (Wildman–Crippen MR) is 126 cm³/mol. The lowest BCUT2D eigenvalue weighted by molar-refractivity contribution is -0.142. The number of rotatable bonds is 9. The highest BCUT2D eigenvalue weighted by molar-refractivity contribution is 9.10. The maximum atomic E-state index is 14.3. The third-order valence-electron chi connectivity index (χ3n) is 5.92. The van der Waals surface area contributed by atoms with Gasteiger partial charge in [0, 0.05) is 18.2 Å². The van der Waals surface area contributed by atoms with Gasteiger partial charge in [0.15, 0.2) is 6.61 Å². The number of nitrogens with zero attached hydrogens (tertiary/aromatic N) is 1. The molecule has 0 bridgehead atoms. The number of ether oxygens (including phenoxy) is 1. The van der Waals surface area contributed by atoms with Gasteiger partial charge in [-0.25, -0.2) is 4.39 Å². The maximum Gasteiger partial charge on any atom is 0.261 e. The molecule has 1 N–H and O–H groups in total. The first-order valence-corrected chi connectivity index (χ1v) is 11.9. The largest absolute Gasteiger partial charge is 0.483 e. The number of carbonyl (C=O) groups excluding carboxylic acids is 2. The summed E-state index contributed by atoms with van der Waals surface area (Å²) >= 11 is 3.48. The van der Waals surface area contributed by atoms with Crippen molar-refractivity contribution in [2.45, 2.75) is 64.6 Å². The van der Waals surface area contributed by atoms with E-state index >= 15 is 0 Å². The van der Waals surface area contributed by atoms with Gasteiger partial charge in [-0.2, -0.15) is 0 Å². The molecule has 0 spiro atoms. The summed E-state index contributed by atoms with van der Waals surface area (Å²) in [5, 5.41) is 3.04. The molecule has 2 amide bonds. The highest BCUT2D eigenvalue weighted by atomic mass is 79.9. The van der Waals surface area contributed by atoms with Crippen LogP contribution in [-0.2, 0) is 22.6 Å². The van der Waals surface area contributed by atoms with Crippen molar-refractivity contribution in [1.82, 2.24) is 10.2 Å². The van der Waals surface area contributed by atoms with Gasteiger partial charge in [0.25, 0.3) is 5.91 Å². The summed E-state index contributed by atoms with van der Waals surface area (Å²) in [5.74, 6) is -0.471. The van der Waals surface area contributed by atoms with Crippen molar-refractivity contribution in [2.75, 3.05) is 6.61 Å².